The van der Waals surface area contributed by atoms with Crippen LogP contribution in [0.2, 0.25) is 0 Å². The topological polar surface area (TPSA) is 86.1 Å². The van der Waals surface area contributed by atoms with E-state index in [2.05, 4.69) is 4.98 Å². The van der Waals surface area contributed by atoms with Crippen LogP contribution in [0.1, 0.15) is 0 Å². The second kappa shape index (κ2) is 3.06. The van der Waals surface area contributed by atoms with Gasteiger partial charge in [-0.2, -0.15) is 0 Å². The average Bonchev–Trinajstić information content (AvgIpc) is 2.26. The number of hydrogen-bond donors (Lipinski definition) is 0. The van der Waals surface area contributed by atoms with E-state index in [9.17, 15) is 16.8 Å². The number of rotatable bonds is 2. The molecule has 0 radical (unpaired) electrons. The molecule has 0 unspecified atom stereocenters. The Balaban J connectivity index is 3.53. The van der Waals surface area contributed by atoms with Crippen LogP contribution in [0, 0.1) is 0 Å². The first-order chi connectivity index (χ1) is 6.14. The molecule has 0 atom stereocenters. The van der Waals surface area contributed by atoms with Gasteiger partial charge in [-0.3, -0.25) is 0 Å². The monoisotopic (exact) mass is 238 g/mol. The Hall–Kier alpha value is -0.890. The molecular formula is C6H10N2O4S2. The lowest BCUT2D eigenvalue weighted by molar-refractivity contribution is 0.571. The van der Waals surface area contributed by atoms with E-state index < -0.39 is 19.7 Å². The van der Waals surface area contributed by atoms with Gasteiger partial charge in [-0.1, -0.05) is 0 Å². The molecule has 14 heavy (non-hydrogen) atoms. The van der Waals surface area contributed by atoms with Crippen LogP contribution >= 0.6 is 0 Å². The Labute approximate surface area is 82.4 Å². The normalized spacial score (nSPS) is 13.1. The Bertz CT molecular complexity index is 503. The molecule has 1 heterocycles. The number of hydrogen-bond acceptors (Lipinski definition) is 5. The van der Waals surface area contributed by atoms with Crippen molar-refractivity contribution in [3.63, 3.8) is 0 Å². The summed E-state index contributed by atoms with van der Waals surface area (Å²) in [6, 6.07) is 0. The van der Waals surface area contributed by atoms with Crippen LogP contribution in [0.25, 0.3) is 0 Å². The van der Waals surface area contributed by atoms with Crippen molar-refractivity contribution < 1.29 is 16.8 Å². The van der Waals surface area contributed by atoms with Gasteiger partial charge < -0.3 is 4.57 Å². The Morgan fingerprint density at radius 1 is 1.14 bits per heavy atom. The number of nitrogens with zero attached hydrogens (tertiary/aromatic N) is 2. The maximum absolute atomic E-state index is 11.1. The summed E-state index contributed by atoms with van der Waals surface area (Å²) >= 11 is 0. The molecular weight excluding hydrogens is 228 g/mol. The van der Waals surface area contributed by atoms with Crippen molar-refractivity contribution >= 4 is 19.7 Å². The van der Waals surface area contributed by atoms with Crippen molar-refractivity contribution in [3.8, 4) is 0 Å². The van der Waals surface area contributed by atoms with E-state index in [1.807, 2.05) is 0 Å². The van der Waals surface area contributed by atoms with Gasteiger partial charge >= 0.3 is 0 Å². The van der Waals surface area contributed by atoms with Crippen LogP contribution in [0.15, 0.2) is 16.4 Å². The van der Waals surface area contributed by atoms with Crippen molar-refractivity contribution in [1.29, 1.82) is 0 Å². The summed E-state index contributed by atoms with van der Waals surface area (Å²) in [4.78, 5) is 3.55. The number of sulfone groups is 2. The van der Waals surface area contributed by atoms with Gasteiger partial charge in [0.25, 0.3) is 0 Å². The molecule has 0 bridgehead atoms. The van der Waals surface area contributed by atoms with Gasteiger partial charge in [0, 0.05) is 19.6 Å². The van der Waals surface area contributed by atoms with Crippen LogP contribution in [0.5, 0.6) is 0 Å². The summed E-state index contributed by atoms with van der Waals surface area (Å²) < 4.78 is 45.6. The predicted molar refractivity (Wildman–Crippen MR) is 49.4 cm³/mol. The first-order valence-electron chi connectivity index (χ1n) is 3.56. The smallest absolute Gasteiger partial charge is 0.228 e. The fourth-order valence-corrected chi connectivity index (χ4v) is 2.79. The SMILES string of the molecule is Cn1c(S(C)(=O)=O)cnc1S(C)(=O)=O. The van der Waals surface area contributed by atoms with Gasteiger partial charge in [0.2, 0.25) is 15.0 Å². The second-order valence-electron chi connectivity index (χ2n) is 2.98. The third-order valence-corrected chi connectivity index (χ3v) is 3.80. The fraction of sp³-hybridized carbons (Fsp3) is 0.500. The van der Waals surface area contributed by atoms with E-state index in [0.717, 1.165) is 23.3 Å². The van der Waals surface area contributed by atoms with Gasteiger partial charge in [0.1, 0.15) is 0 Å². The molecule has 0 saturated carbocycles. The van der Waals surface area contributed by atoms with Crippen LogP contribution in [-0.4, -0.2) is 38.9 Å². The van der Waals surface area contributed by atoms with Gasteiger partial charge in [-0.25, -0.2) is 21.8 Å². The zero-order chi connectivity index (χ0) is 11.1. The summed E-state index contributed by atoms with van der Waals surface area (Å²) in [7, 11) is -5.58. The van der Waals surface area contributed by atoms with E-state index in [-0.39, 0.29) is 10.2 Å². The summed E-state index contributed by atoms with van der Waals surface area (Å²) in [6.07, 6.45) is 3.00. The second-order valence-corrected chi connectivity index (χ2v) is 6.85. The van der Waals surface area contributed by atoms with E-state index in [1.54, 1.807) is 0 Å². The zero-order valence-electron chi connectivity index (χ0n) is 7.92. The van der Waals surface area contributed by atoms with Gasteiger partial charge in [0.05, 0.1) is 6.20 Å². The highest BCUT2D eigenvalue weighted by Crippen LogP contribution is 2.13. The highest BCUT2D eigenvalue weighted by atomic mass is 32.2. The number of aromatic nitrogens is 2. The van der Waals surface area contributed by atoms with Gasteiger partial charge in [0.15, 0.2) is 14.9 Å². The molecule has 0 aliphatic rings. The summed E-state index contributed by atoms with van der Waals surface area (Å²) in [5, 5.41) is -0.365. The molecule has 0 amide bonds. The summed E-state index contributed by atoms with van der Waals surface area (Å²) in [5.74, 6) is 0. The quantitative estimate of drug-likeness (QED) is 0.675. The van der Waals surface area contributed by atoms with Gasteiger partial charge in [-0.15, -0.1) is 0 Å². The van der Waals surface area contributed by atoms with Crippen LogP contribution in [-0.2, 0) is 26.7 Å². The lowest BCUT2D eigenvalue weighted by Crippen LogP contribution is -2.10. The van der Waals surface area contributed by atoms with Crippen molar-refractivity contribution in [2.45, 2.75) is 10.2 Å². The third kappa shape index (κ3) is 1.95. The number of imidazole rings is 1. The minimum Gasteiger partial charge on any atom is -0.309 e. The largest absolute Gasteiger partial charge is 0.309 e. The fourth-order valence-electron chi connectivity index (χ4n) is 1.07. The van der Waals surface area contributed by atoms with Crippen molar-refractivity contribution in [1.82, 2.24) is 9.55 Å². The molecule has 0 fully saturated rings. The molecule has 6 nitrogen and oxygen atoms in total. The minimum absolute atomic E-state index is 0.113. The molecule has 80 valence electrons. The molecule has 0 aromatic carbocycles. The molecule has 8 heteroatoms. The van der Waals surface area contributed by atoms with E-state index in [1.165, 1.54) is 7.05 Å². The third-order valence-electron chi connectivity index (χ3n) is 1.61. The standard InChI is InChI=1S/C6H10N2O4S2/c1-8-5(13(2,9)10)4-7-6(8)14(3,11)12/h4H,1-3H3. The predicted octanol–water partition coefficient (Wildman–Crippen LogP) is -0.773. The van der Waals surface area contributed by atoms with Crippen LogP contribution in [0.4, 0.5) is 0 Å². The first-order valence-corrected chi connectivity index (χ1v) is 7.34. The lowest BCUT2D eigenvalue weighted by atomic mass is 10.9. The highest BCUT2D eigenvalue weighted by Gasteiger charge is 2.20. The molecule has 0 aliphatic heterocycles. The van der Waals surface area contributed by atoms with Crippen molar-refractivity contribution in [2.75, 3.05) is 12.5 Å². The van der Waals surface area contributed by atoms with Crippen molar-refractivity contribution in [2.24, 2.45) is 7.05 Å². The highest BCUT2D eigenvalue weighted by molar-refractivity contribution is 7.91. The first kappa shape index (κ1) is 11.2. The minimum atomic E-state index is -3.49. The van der Waals surface area contributed by atoms with E-state index in [4.69, 9.17) is 0 Å². The molecule has 0 saturated heterocycles. The molecule has 0 spiro atoms. The zero-order valence-corrected chi connectivity index (χ0v) is 9.55. The molecule has 1 rings (SSSR count). The Morgan fingerprint density at radius 2 is 1.64 bits per heavy atom. The Kier molecular flexibility index (Phi) is 2.44. The summed E-state index contributed by atoms with van der Waals surface area (Å²) in [5.41, 5.74) is 0. The molecule has 1 aromatic rings. The summed E-state index contributed by atoms with van der Waals surface area (Å²) in [6.45, 7) is 0. The van der Waals surface area contributed by atoms with E-state index >= 15 is 0 Å². The Morgan fingerprint density at radius 3 is 1.86 bits per heavy atom. The molecule has 0 N–H and O–H groups in total. The van der Waals surface area contributed by atoms with Crippen LogP contribution in [0.3, 0.4) is 0 Å². The van der Waals surface area contributed by atoms with Crippen molar-refractivity contribution in [3.05, 3.63) is 6.20 Å². The molecule has 1 aromatic heterocycles. The van der Waals surface area contributed by atoms with Crippen LogP contribution < -0.4 is 0 Å². The lowest BCUT2D eigenvalue weighted by Gasteiger charge is -2.01. The maximum atomic E-state index is 11.1. The van der Waals surface area contributed by atoms with E-state index in [0.29, 0.717) is 0 Å². The molecule has 0 aliphatic carbocycles. The average molecular weight is 238 g/mol. The van der Waals surface area contributed by atoms with Gasteiger partial charge in [-0.05, 0) is 0 Å². The maximum Gasteiger partial charge on any atom is 0.228 e.